The number of hydrogen-bond donors (Lipinski definition) is 2. The number of nitrogens with two attached hydrogens (primary N) is 1. The van der Waals surface area contributed by atoms with Crippen molar-refractivity contribution in [3.63, 3.8) is 0 Å². The van der Waals surface area contributed by atoms with Gasteiger partial charge in [-0.2, -0.15) is 0 Å². The van der Waals surface area contributed by atoms with Crippen LogP contribution in [0.5, 0.6) is 5.75 Å². The van der Waals surface area contributed by atoms with Crippen LogP contribution in [0.4, 0.5) is 5.69 Å². The first-order chi connectivity index (χ1) is 8.06. The molecule has 0 radical (unpaired) electrons. The number of amides is 1. The molecule has 0 atom stereocenters. The molecular weight excluding hydrogens is 352 g/mol. The number of carbonyl (C=O) groups excluding carboxylic acids is 1. The molecule has 17 heavy (non-hydrogen) atoms. The summed E-state index contributed by atoms with van der Waals surface area (Å²) in [5.41, 5.74) is 6.29. The van der Waals surface area contributed by atoms with Crippen molar-refractivity contribution in [1.82, 2.24) is 5.32 Å². The Morgan fingerprint density at radius 3 is 2.53 bits per heavy atom. The van der Waals surface area contributed by atoms with Crippen LogP contribution in [0.2, 0.25) is 0 Å². The molecule has 0 aromatic heterocycles. The second kappa shape index (κ2) is 5.27. The monoisotopic (exact) mass is 362 g/mol. The fourth-order valence-electron chi connectivity index (χ4n) is 1.35. The Hall–Kier alpha value is -0.750. The number of ether oxygens (including phenoxy) is 1. The second-order valence-electron chi connectivity index (χ2n) is 3.94. The zero-order chi connectivity index (χ0) is 12.4. The van der Waals surface area contributed by atoms with Gasteiger partial charge in [-0.15, -0.1) is 0 Å². The summed E-state index contributed by atoms with van der Waals surface area (Å²) in [6.07, 6.45) is 2.14. The first kappa shape index (κ1) is 12.7. The molecule has 2 rings (SSSR count). The Bertz CT molecular complexity index is 424. The SMILES string of the molecule is Nc1cc(Br)c(OCC(=O)NC2CC2)c(Br)c1. The molecule has 0 bridgehead atoms. The Labute approximate surface area is 116 Å². The molecule has 1 fully saturated rings. The van der Waals surface area contributed by atoms with Gasteiger partial charge in [-0.3, -0.25) is 4.79 Å². The van der Waals surface area contributed by atoms with E-state index in [1.54, 1.807) is 12.1 Å². The highest BCUT2D eigenvalue weighted by molar-refractivity contribution is 9.11. The maximum atomic E-state index is 11.5. The van der Waals surface area contributed by atoms with E-state index in [-0.39, 0.29) is 12.5 Å². The second-order valence-corrected chi connectivity index (χ2v) is 5.65. The van der Waals surface area contributed by atoms with E-state index in [1.807, 2.05) is 0 Å². The van der Waals surface area contributed by atoms with Gasteiger partial charge in [0.05, 0.1) is 8.95 Å². The van der Waals surface area contributed by atoms with Gasteiger partial charge in [0.2, 0.25) is 0 Å². The van der Waals surface area contributed by atoms with Gasteiger partial charge in [0.1, 0.15) is 5.75 Å². The standard InChI is InChI=1S/C11H12Br2N2O2/c12-8-3-6(14)4-9(13)11(8)17-5-10(16)15-7-1-2-7/h3-4,7H,1-2,5,14H2,(H,15,16). The molecular formula is C11H12Br2N2O2. The number of rotatable bonds is 4. The van der Waals surface area contributed by atoms with Crippen molar-refractivity contribution >= 4 is 43.5 Å². The van der Waals surface area contributed by atoms with Gasteiger partial charge in [0, 0.05) is 11.7 Å². The molecule has 1 saturated carbocycles. The number of halogens is 2. The highest BCUT2D eigenvalue weighted by Crippen LogP contribution is 2.35. The van der Waals surface area contributed by atoms with Gasteiger partial charge < -0.3 is 15.8 Å². The van der Waals surface area contributed by atoms with Crippen molar-refractivity contribution in [2.75, 3.05) is 12.3 Å². The van der Waals surface area contributed by atoms with E-state index in [4.69, 9.17) is 10.5 Å². The lowest BCUT2D eigenvalue weighted by atomic mass is 10.3. The highest BCUT2D eigenvalue weighted by Gasteiger charge is 2.23. The molecule has 1 aliphatic rings. The number of benzene rings is 1. The molecule has 3 N–H and O–H groups in total. The minimum atomic E-state index is -0.0943. The molecule has 1 aromatic rings. The molecule has 0 unspecified atom stereocenters. The summed E-state index contributed by atoms with van der Waals surface area (Å²) in [5.74, 6) is 0.494. The lowest BCUT2D eigenvalue weighted by Gasteiger charge is -2.11. The Balaban J connectivity index is 1.95. The van der Waals surface area contributed by atoms with Crippen molar-refractivity contribution in [3.8, 4) is 5.75 Å². The van der Waals surface area contributed by atoms with Crippen molar-refractivity contribution in [3.05, 3.63) is 21.1 Å². The molecule has 0 aliphatic heterocycles. The average Bonchev–Trinajstić information content (AvgIpc) is 2.99. The van der Waals surface area contributed by atoms with E-state index < -0.39 is 0 Å². The molecule has 6 heteroatoms. The molecule has 1 amide bonds. The third kappa shape index (κ3) is 3.61. The maximum absolute atomic E-state index is 11.5. The molecule has 0 spiro atoms. The van der Waals surface area contributed by atoms with Gasteiger partial charge in [-0.1, -0.05) is 0 Å². The number of carbonyl (C=O) groups is 1. The van der Waals surface area contributed by atoms with Gasteiger partial charge in [0.15, 0.2) is 6.61 Å². The number of nitrogen functional groups attached to an aromatic ring is 1. The first-order valence-electron chi connectivity index (χ1n) is 5.23. The number of nitrogens with one attached hydrogen (secondary N) is 1. The third-order valence-corrected chi connectivity index (χ3v) is 3.49. The normalized spacial score (nSPS) is 14.5. The van der Waals surface area contributed by atoms with E-state index in [2.05, 4.69) is 37.2 Å². The maximum Gasteiger partial charge on any atom is 0.258 e. The van der Waals surface area contributed by atoms with E-state index in [1.165, 1.54) is 0 Å². The molecule has 0 saturated heterocycles. The van der Waals surface area contributed by atoms with Crippen LogP contribution in [0.25, 0.3) is 0 Å². The Morgan fingerprint density at radius 2 is 2.00 bits per heavy atom. The summed E-state index contributed by atoms with van der Waals surface area (Å²) in [6, 6.07) is 3.82. The molecule has 92 valence electrons. The van der Waals surface area contributed by atoms with Crippen LogP contribution in [0, 0.1) is 0 Å². The van der Waals surface area contributed by atoms with Crippen molar-refractivity contribution < 1.29 is 9.53 Å². The van der Waals surface area contributed by atoms with Crippen LogP contribution < -0.4 is 15.8 Å². The van der Waals surface area contributed by atoms with Crippen LogP contribution in [-0.4, -0.2) is 18.6 Å². The molecule has 4 nitrogen and oxygen atoms in total. The van der Waals surface area contributed by atoms with Crippen LogP contribution in [-0.2, 0) is 4.79 Å². The summed E-state index contributed by atoms with van der Waals surface area (Å²) >= 11 is 6.69. The molecule has 0 heterocycles. The van der Waals surface area contributed by atoms with Crippen LogP contribution in [0.3, 0.4) is 0 Å². The fraction of sp³-hybridized carbons (Fsp3) is 0.364. The lowest BCUT2D eigenvalue weighted by Crippen LogP contribution is -2.30. The van der Waals surface area contributed by atoms with Crippen molar-refractivity contribution in [2.45, 2.75) is 18.9 Å². The van der Waals surface area contributed by atoms with Crippen LogP contribution >= 0.6 is 31.9 Å². The predicted molar refractivity (Wildman–Crippen MR) is 72.9 cm³/mol. The zero-order valence-corrected chi connectivity index (χ0v) is 12.2. The fourth-order valence-corrected chi connectivity index (χ4v) is 2.80. The van der Waals surface area contributed by atoms with E-state index in [0.717, 1.165) is 21.8 Å². The topological polar surface area (TPSA) is 64.3 Å². The lowest BCUT2D eigenvalue weighted by molar-refractivity contribution is -0.123. The predicted octanol–water partition coefficient (Wildman–Crippen LogP) is 2.45. The van der Waals surface area contributed by atoms with Crippen molar-refractivity contribution in [1.29, 1.82) is 0 Å². The first-order valence-corrected chi connectivity index (χ1v) is 6.81. The Kier molecular flexibility index (Phi) is 3.93. The van der Waals surface area contributed by atoms with E-state index in [0.29, 0.717) is 17.5 Å². The summed E-state index contributed by atoms with van der Waals surface area (Å²) in [4.78, 5) is 11.5. The molecule has 1 aromatic carbocycles. The summed E-state index contributed by atoms with van der Waals surface area (Å²) in [7, 11) is 0. The van der Waals surface area contributed by atoms with Crippen LogP contribution in [0.15, 0.2) is 21.1 Å². The van der Waals surface area contributed by atoms with Crippen molar-refractivity contribution in [2.24, 2.45) is 0 Å². The number of hydrogen-bond acceptors (Lipinski definition) is 3. The number of anilines is 1. The minimum Gasteiger partial charge on any atom is -0.481 e. The van der Waals surface area contributed by atoms with Gasteiger partial charge in [-0.25, -0.2) is 0 Å². The largest absolute Gasteiger partial charge is 0.481 e. The zero-order valence-electron chi connectivity index (χ0n) is 9.00. The van der Waals surface area contributed by atoms with Crippen LogP contribution in [0.1, 0.15) is 12.8 Å². The molecule has 1 aliphatic carbocycles. The summed E-state index contributed by atoms with van der Waals surface area (Å²) in [6.45, 7) is 0.0115. The smallest absolute Gasteiger partial charge is 0.258 e. The van der Waals surface area contributed by atoms with Gasteiger partial charge in [0.25, 0.3) is 5.91 Å². The summed E-state index contributed by atoms with van der Waals surface area (Å²) < 4.78 is 6.90. The van der Waals surface area contributed by atoms with E-state index >= 15 is 0 Å². The van der Waals surface area contributed by atoms with Gasteiger partial charge in [-0.05, 0) is 56.8 Å². The van der Waals surface area contributed by atoms with Gasteiger partial charge >= 0.3 is 0 Å². The highest BCUT2D eigenvalue weighted by atomic mass is 79.9. The van der Waals surface area contributed by atoms with E-state index in [9.17, 15) is 4.79 Å². The minimum absolute atomic E-state index is 0.0115. The third-order valence-electron chi connectivity index (χ3n) is 2.31. The summed E-state index contributed by atoms with van der Waals surface area (Å²) in [5, 5.41) is 2.86. The quantitative estimate of drug-likeness (QED) is 0.807. The Morgan fingerprint density at radius 1 is 1.41 bits per heavy atom. The average molecular weight is 364 g/mol.